The highest BCUT2D eigenvalue weighted by Gasteiger charge is 2.30. The number of carbonyl (C=O) groups excluding carboxylic acids is 2. The van der Waals surface area contributed by atoms with Crippen LogP contribution in [0.1, 0.15) is 71.6 Å². The van der Waals surface area contributed by atoms with Crippen molar-refractivity contribution in [2.45, 2.75) is 72.1 Å². The number of aromatic nitrogens is 5. The Morgan fingerprint density at radius 2 is 1.65 bits per heavy atom. The van der Waals surface area contributed by atoms with E-state index in [0.29, 0.717) is 59.0 Å². The molecule has 3 heterocycles. The molecule has 6 aromatic rings. The molecule has 12 nitrogen and oxygen atoms in total. The van der Waals surface area contributed by atoms with Crippen molar-refractivity contribution in [2.75, 3.05) is 13.7 Å². The number of aliphatic hydroxyl groups is 1. The minimum absolute atomic E-state index is 0.0312. The molecular formula is C42H49ClN6O6. The number of halogens is 1. The summed E-state index contributed by atoms with van der Waals surface area (Å²) in [5.74, 6) is -0.231. The lowest BCUT2D eigenvalue weighted by Gasteiger charge is -2.27. The molecule has 0 aliphatic heterocycles. The number of phenols is 1. The number of aliphatic hydroxyl groups excluding tert-OH is 1. The van der Waals surface area contributed by atoms with Crippen LogP contribution in [0.25, 0.3) is 32.8 Å². The zero-order valence-corrected chi connectivity index (χ0v) is 33.5. The molecule has 0 saturated carbocycles. The fraction of sp³-hybridized carbons (Fsp3) is 0.381. The maximum atomic E-state index is 14.0. The largest absolute Gasteiger partial charge is 0.507 e. The van der Waals surface area contributed by atoms with E-state index < -0.39 is 17.7 Å². The predicted molar refractivity (Wildman–Crippen MR) is 213 cm³/mol. The van der Waals surface area contributed by atoms with Gasteiger partial charge in [-0.1, -0.05) is 48.0 Å². The van der Waals surface area contributed by atoms with Crippen LogP contribution < -0.4 is 0 Å². The minimum atomic E-state index is -0.756. The van der Waals surface area contributed by atoms with Gasteiger partial charge in [-0.3, -0.25) is 14.3 Å². The third kappa shape index (κ3) is 8.06. The molecular weight excluding hydrogens is 720 g/mol. The number of carbonyl (C=O) groups is 2. The second kappa shape index (κ2) is 15.8. The molecule has 0 aliphatic rings. The molecule has 0 atom stereocenters. The number of fused-ring (bicyclic) bond motifs is 2. The highest BCUT2D eigenvalue weighted by molar-refractivity contribution is 6.35. The molecule has 0 unspecified atom stereocenters. The number of phenolic OH excluding ortho intramolecular Hbond substituents is 1. The van der Waals surface area contributed by atoms with Gasteiger partial charge in [0.1, 0.15) is 17.0 Å². The van der Waals surface area contributed by atoms with Gasteiger partial charge in [0.25, 0.3) is 0 Å². The number of amides is 1. The molecule has 0 fully saturated rings. The molecule has 290 valence electrons. The van der Waals surface area contributed by atoms with Crippen molar-refractivity contribution >= 4 is 45.3 Å². The number of nitrogens with zero attached hydrogens (tertiary/aromatic N) is 6. The van der Waals surface area contributed by atoms with Gasteiger partial charge in [-0.05, 0) is 88.1 Å². The summed E-state index contributed by atoms with van der Waals surface area (Å²) in [4.78, 5) is 28.7. The Balaban J connectivity index is 1.37. The zero-order chi connectivity index (χ0) is 39.8. The molecule has 0 bridgehead atoms. The Labute approximate surface area is 325 Å². The number of hydrogen-bond acceptors (Lipinski definition) is 8. The fourth-order valence-electron chi connectivity index (χ4n) is 7.45. The van der Waals surface area contributed by atoms with Crippen molar-refractivity contribution < 1.29 is 29.3 Å². The van der Waals surface area contributed by atoms with Gasteiger partial charge < -0.3 is 24.3 Å². The lowest BCUT2D eigenvalue weighted by Crippen LogP contribution is -2.36. The van der Waals surface area contributed by atoms with Crippen molar-refractivity contribution in [2.24, 2.45) is 21.1 Å². The van der Waals surface area contributed by atoms with E-state index in [2.05, 4.69) is 6.07 Å². The SMILES string of the molecule is COC(=O)c1c(CCCO)c2ccc(Cl)c(-c3c(C)nn(C)c3CN(Cc3cc(CCc4cc(O)c5ccccc5c4)n(C)n3)C(=O)OC(C)(C)C)c2n1C. The Hall–Kier alpha value is -5.33. The number of methoxy groups -OCH3 is 1. The number of hydrogen-bond donors (Lipinski definition) is 2. The van der Waals surface area contributed by atoms with Gasteiger partial charge in [-0.15, -0.1) is 0 Å². The number of benzene rings is 3. The predicted octanol–water partition coefficient (Wildman–Crippen LogP) is 7.57. The molecule has 13 heteroatoms. The van der Waals surface area contributed by atoms with Gasteiger partial charge in [0.15, 0.2) is 0 Å². The summed E-state index contributed by atoms with van der Waals surface area (Å²) < 4.78 is 16.5. The van der Waals surface area contributed by atoms with Crippen LogP contribution in [0.3, 0.4) is 0 Å². The number of ether oxygens (including phenoxy) is 2. The first-order chi connectivity index (χ1) is 26.1. The number of esters is 1. The molecule has 6 rings (SSSR count). The van der Waals surface area contributed by atoms with Gasteiger partial charge in [0.2, 0.25) is 0 Å². The summed E-state index contributed by atoms with van der Waals surface area (Å²) in [6, 6.07) is 17.4. The third-order valence-corrected chi connectivity index (χ3v) is 10.2. The highest BCUT2D eigenvalue weighted by Crippen LogP contribution is 2.42. The first-order valence-electron chi connectivity index (χ1n) is 18.3. The molecule has 1 amide bonds. The Morgan fingerprint density at radius 1 is 0.909 bits per heavy atom. The number of aryl methyl sites for hydroxylation is 7. The van der Waals surface area contributed by atoms with Crippen LogP contribution in [-0.4, -0.2) is 70.6 Å². The van der Waals surface area contributed by atoms with Crippen LogP contribution in [0.15, 0.2) is 54.6 Å². The smallest absolute Gasteiger partial charge is 0.410 e. The maximum absolute atomic E-state index is 14.0. The van der Waals surface area contributed by atoms with Gasteiger partial charge in [-0.25, -0.2) is 9.59 Å². The molecule has 0 aliphatic carbocycles. The summed E-state index contributed by atoms with van der Waals surface area (Å²) in [6.45, 7) is 7.62. The topological polar surface area (TPSA) is 137 Å². The summed E-state index contributed by atoms with van der Waals surface area (Å²) >= 11 is 7.05. The van der Waals surface area contributed by atoms with Gasteiger partial charge in [-0.2, -0.15) is 10.2 Å². The summed E-state index contributed by atoms with van der Waals surface area (Å²) in [6.07, 6.45) is 1.77. The van der Waals surface area contributed by atoms with E-state index in [0.717, 1.165) is 44.1 Å². The van der Waals surface area contributed by atoms with E-state index in [1.165, 1.54) is 7.11 Å². The first kappa shape index (κ1) is 39.4. The van der Waals surface area contributed by atoms with Crippen LogP contribution in [-0.2, 0) is 63.0 Å². The molecule has 3 aromatic carbocycles. The standard InChI is InChI=1S/C42H49ClN6O6/c1-25-36(37-33(43)18-17-32-31(14-11-19-50)39(40(52)54-8)46(5)38(32)37)34(48(7)44-25)24-49(41(53)55-42(2,3)4)23-28-22-29(47(6)45-28)16-15-26-20-27-12-9-10-13-30(27)35(51)21-26/h9-10,12-13,17-18,20-22,50-51H,11,14-16,19,23-24H2,1-8H3. The lowest BCUT2D eigenvalue weighted by atomic mass is 9.98. The van der Waals surface area contributed by atoms with E-state index in [1.807, 2.05) is 88.9 Å². The minimum Gasteiger partial charge on any atom is -0.507 e. The summed E-state index contributed by atoms with van der Waals surface area (Å²) in [7, 11) is 6.86. The van der Waals surface area contributed by atoms with E-state index in [9.17, 15) is 19.8 Å². The quantitative estimate of drug-likeness (QED) is 0.122. The third-order valence-electron chi connectivity index (χ3n) is 9.91. The fourth-order valence-corrected chi connectivity index (χ4v) is 7.70. The monoisotopic (exact) mass is 768 g/mol. The van der Waals surface area contributed by atoms with Gasteiger partial charge >= 0.3 is 12.1 Å². The maximum Gasteiger partial charge on any atom is 0.410 e. The Kier molecular flexibility index (Phi) is 11.3. The van der Waals surface area contributed by atoms with Crippen LogP contribution in [0.2, 0.25) is 5.02 Å². The van der Waals surface area contributed by atoms with Crippen LogP contribution in [0.4, 0.5) is 4.79 Å². The van der Waals surface area contributed by atoms with Crippen molar-refractivity contribution in [1.82, 2.24) is 29.0 Å². The average Bonchev–Trinajstić information content (AvgIpc) is 3.73. The van der Waals surface area contributed by atoms with E-state index in [-0.39, 0.29) is 25.4 Å². The summed E-state index contributed by atoms with van der Waals surface area (Å²) in [5.41, 5.74) is 6.59. The number of aromatic hydroxyl groups is 1. The molecule has 3 aromatic heterocycles. The molecule has 0 saturated heterocycles. The van der Waals surface area contributed by atoms with Crippen LogP contribution in [0, 0.1) is 6.92 Å². The second-order valence-electron chi connectivity index (χ2n) is 15.0. The number of rotatable bonds is 12. The summed E-state index contributed by atoms with van der Waals surface area (Å²) in [5, 5.41) is 33.0. The molecule has 0 spiro atoms. The second-order valence-corrected chi connectivity index (χ2v) is 15.4. The van der Waals surface area contributed by atoms with Crippen LogP contribution >= 0.6 is 11.6 Å². The van der Waals surface area contributed by atoms with Crippen molar-refractivity contribution in [1.29, 1.82) is 0 Å². The van der Waals surface area contributed by atoms with Crippen LogP contribution in [0.5, 0.6) is 5.75 Å². The van der Waals surface area contributed by atoms with Crippen molar-refractivity contribution in [3.8, 4) is 16.9 Å². The van der Waals surface area contributed by atoms with Gasteiger partial charge in [0.05, 0.1) is 47.8 Å². The van der Waals surface area contributed by atoms with E-state index >= 15 is 0 Å². The lowest BCUT2D eigenvalue weighted by molar-refractivity contribution is 0.0209. The van der Waals surface area contributed by atoms with E-state index in [1.54, 1.807) is 27.3 Å². The normalized spacial score (nSPS) is 11.8. The zero-order valence-electron chi connectivity index (χ0n) is 32.7. The molecule has 2 N–H and O–H groups in total. The Morgan fingerprint density at radius 3 is 2.36 bits per heavy atom. The van der Waals surface area contributed by atoms with Crippen molar-refractivity contribution in [3.63, 3.8) is 0 Å². The first-order valence-corrected chi connectivity index (χ1v) is 18.7. The average molecular weight is 769 g/mol. The molecule has 55 heavy (non-hydrogen) atoms. The highest BCUT2D eigenvalue weighted by atomic mass is 35.5. The Bertz CT molecular complexity index is 2400. The van der Waals surface area contributed by atoms with E-state index in [4.69, 9.17) is 31.3 Å². The molecule has 0 radical (unpaired) electrons. The van der Waals surface area contributed by atoms with Gasteiger partial charge in [0, 0.05) is 55.3 Å². The van der Waals surface area contributed by atoms with Crippen molar-refractivity contribution in [3.05, 3.63) is 99.2 Å².